The Balaban J connectivity index is 1.42. The summed E-state index contributed by atoms with van der Waals surface area (Å²) in [4.78, 5) is 12.4. The number of rotatable bonds is 5. The molecule has 2 bridgehead atoms. The van der Waals surface area contributed by atoms with Gasteiger partial charge in [-0.15, -0.1) is 0 Å². The maximum absolute atomic E-state index is 12.4. The molecule has 142 valence electrons. The van der Waals surface area contributed by atoms with Crippen LogP contribution < -0.4 is 15.4 Å². The van der Waals surface area contributed by atoms with Crippen molar-refractivity contribution in [2.75, 3.05) is 19.0 Å². The van der Waals surface area contributed by atoms with E-state index in [9.17, 15) is 4.79 Å². The van der Waals surface area contributed by atoms with Crippen molar-refractivity contribution >= 4 is 11.8 Å². The van der Waals surface area contributed by atoms with Crippen molar-refractivity contribution in [3.63, 3.8) is 0 Å². The Hall–Kier alpha value is -2.53. The molecule has 2 unspecified atom stereocenters. The molecule has 2 N–H and O–H groups in total. The smallest absolute Gasteiger partial charge is 0.411 e. The van der Waals surface area contributed by atoms with Gasteiger partial charge in [-0.2, -0.15) is 0 Å². The van der Waals surface area contributed by atoms with Crippen LogP contribution >= 0.6 is 0 Å². The van der Waals surface area contributed by atoms with Gasteiger partial charge in [-0.1, -0.05) is 30.3 Å². The van der Waals surface area contributed by atoms with E-state index in [-0.39, 0.29) is 0 Å². The third-order valence-corrected chi connectivity index (χ3v) is 5.57. The van der Waals surface area contributed by atoms with Crippen LogP contribution in [0.25, 0.3) is 11.1 Å². The van der Waals surface area contributed by atoms with Crippen molar-refractivity contribution in [1.82, 2.24) is 5.32 Å². The number of benzene rings is 2. The maximum atomic E-state index is 12.4. The molecule has 2 aliphatic heterocycles. The number of hydrogen-bond donors (Lipinski definition) is 2. The number of carbonyl (C=O) groups is 1. The van der Waals surface area contributed by atoms with Crippen molar-refractivity contribution in [3.8, 4) is 16.9 Å². The Bertz CT molecular complexity index is 781. The maximum Gasteiger partial charge on any atom is 0.411 e. The minimum atomic E-state index is -0.411. The molecule has 0 saturated carbocycles. The third kappa shape index (κ3) is 4.25. The fraction of sp³-hybridized carbons (Fsp3) is 0.409. The van der Waals surface area contributed by atoms with E-state index in [1.807, 2.05) is 48.5 Å². The van der Waals surface area contributed by atoms with Crippen LogP contribution in [0.5, 0.6) is 5.75 Å². The number of methoxy groups -OCH3 is 1. The highest BCUT2D eigenvalue weighted by Crippen LogP contribution is 2.33. The highest BCUT2D eigenvalue weighted by Gasteiger charge is 2.33. The normalized spacial score (nSPS) is 23.7. The Morgan fingerprint density at radius 3 is 2.56 bits per heavy atom. The second-order valence-electron chi connectivity index (χ2n) is 7.48. The molecule has 2 fully saturated rings. The summed E-state index contributed by atoms with van der Waals surface area (Å²) >= 11 is 0. The van der Waals surface area contributed by atoms with E-state index in [0.29, 0.717) is 36.0 Å². The predicted octanol–water partition coefficient (Wildman–Crippen LogP) is 4.44. The number of amides is 1. The summed E-state index contributed by atoms with van der Waals surface area (Å²) in [6, 6.07) is 16.8. The monoisotopic (exact) mass is 366 g/mol. The van der Waals surface area contributed by atoms with Crippen LogP contribution in [0.4, 0.5) is 10.5 Å². The van der Waals surface area contributed by atoms with Crippen molar-refractivity contribution in [1.29, 1.82) is 0 Å². The molecule has 2 heterocycles. The first kappa shape index (κ1) is 17.9. The summed E-state index contributed by atoms with van der Waals surface area (Å²) in [5, 5.41) is 6.52. The summed E-state index contributed by atoms with van der Waals surface area (Å²) in [5.74, 6) is 1.15. The molecule has 2 saturated heterocycles. The zero-order valence-corrected chi connectivity index (χ0v) is 15.6. The van der Waals surface area contributed by atoms with E-state index in [1.54, 1.807) is 7.11 Å². The van der Waals surface area contributed by atoms with E-state index >= 15 is 0 Å². The van der Waals surface area contributed by atoms with Crippen molar-refractivity contribution < 1.29 is 14.3 Å². The Labute approximate surface area is 160 Å². The fourth-order valence-corrected chi connectivity index (χ4v) is 4.27. The Kier molecular flexibility index (Phi) is 5.30. The summed E-state index contributed by atoms with van der Waals surface area (Å²) < 4.78 is 10.9. The zero-order valence-electron chi connectivity index (χ0n) is 15.6. The first-order valence-electron chi connectivity index (χ1n) is 9.64. The van der Waals surface area contributed by atoms with Crippen LogP contribution in [0, 0.1) is 5.92 Å². The summed E-state index contributed by atoms with van der Waals surface area (Å²) in [5.41, 5.74) is 2.66. The van der Waals surface area contributed by atoms with Crippen LogP contribution in [-0.4, -0.2) is 31.9 Å². The number of ether oxygens (including phenoxy) is 2. The van der Waals surface area contributed by atoms with Crippen LogP contribution in [-0.2, 0) is 4.74 Å². The van der Waals surface area contributed by atoms with Gasteiger partial charge >= 0.3 is 6.09 Å². The molecule has 2 atom stereocenters. The lowest BCUT2D eigenvalue weighted by Gasteiger charge is -2.28. The Morgan fingerprint density at radius 1 is 1.11 bits per heavy atom. The molecule has 4 rings (SSSR count). The highest BCUT2D eigenvalue weighted by molar-refractivity contribution is 5.92. The largest absolute Gasteiger partial charge is 0.497 e. The Morgan fingerprint density at radius 2 is 1.85 bits per heavy atom. The van der Waals surface area contributed by atoms with Crippen LogP contribution in [0.15, 0.2) is 48.5 Å². The molecular weight excluding hydrogens is 340 g/mol. The third-order valence-electron chi connectivity index (χ3n) is 5.57. The number of hydrogen-bond acceptors (Lipinski definition) is 4. The van der Waals surface area contributed by atoms with Gasteiger partial charge in [0.25, 0.3) is 0 Å². The molecule has 0 aromatic heterocycles. The van der Waals surface area contributed by atoms with E-state index in [2.05, 4.69) is 10.6 Å². The van der Waals surface area contributed by atoms with Gasteiger partial charge in [0, 0.05) is 23.7 Å². The number of anilines is 1. The molecule has 0 radical (unpaired) electrons. The number of piperidine rings is 1. The molecule has 0 spiro atoms. The molecule has 5 heteroatoms. The van der Waals surface area contributed by atoms with E-state index in [4.69, 9.17) is 9.47 Å². The number of fused-ring (bicyclic) bond motifs is 2. The second-order valence-corrected chi connectivity index (χ2v) is 7.48. The molecule has 5 nitrogen and oxygen atoms in total. The van der Waals surface area contributed by atoms with Gasteiger partial charge in [0.1, 0.15) is 5.75 Å². The lowest BCUT2D eigenvalue weighted by molar-refractivity contribution is 0.122. The van der Waals surface area contributed by atoms with Gasteiger partial charge < -0.3 is 14.8 Å². The van der Waals surface area contributed by atoms with Gasteiger partial charge in [-0.3, -0.25) is 5.32 Å². The van der Waals surface area contributed by atoms with E-state index in [0.717, 1.165) is 24.0 Å². The van der Waals surface area contributed by atoms with Crippen LogP contribution in [0.3, 0.4) is 0 Å². The van der Waals surface area contributed by atoms with Gasteiger partial charge in [0.05, 0.1) is 19.4 Å². The SMILES string of the molecule is COc1ccc(-c2ccccc2)c(NC(=O)OCC2CC3CCC(C2)N3)c1. The minimum Gasteiger partial charge on any atom is -0.497 e. The van der Waals surface area contributed by atoms with Gasteiger partial charge in [0.15, 0.2) is 0 Å². The average Bonchev–Trinajstić information content (AvgIpc) is 3.05. The fourth-order valence-electron chi connectivity index (χ4n) is 4.27. The van der Waals surface area contributed by atoms with E-state index < -0.39 is 6.09 Å². The molecule has 0 aliphatic carbocycles. The quantitative estimate of drug-likeness (QED) is 0.821. The van der Waals surface area contributed by atoms with Gasteiger partial charge in [-0.05, 0) is 49.3 Å². The molecule has 1 amide bonds. The number of nitrogens with one attached hydrogen (secondary N) is 2. The predicted molar refractivity (Wildman–Crippen MR) is 106 cm³/mol. The summed E-state index contributed by atoms with van der Waals surface area (Å²) in [6.45, 7) is 0.477. The molecule has 27 heavy (non-hydrogen) atoms. The standard InChI is InChI=1S/C22H26N2O3/c1-26-19-9-10-20(16-5-3-2-4-6-16)21(13-19)24-22(25)27-14-15-11-17-7-8-18(12-15)23-17/h2-6,9-10,13,15,17-18,23H,7-8,11-12,14H2,1H3,(H,24,25). The van der Waals surface area contributed by atoms with Crippen molar-refractivity contribution in [2.45, 2.75) is 37.8 Å². The first-order chi connectivity index (χ1) is 13.2. The van der Waals surface area contributed by atoms with Crippen LogP contribution in [0.2, 0.25) is 0 Å². The lowest BCUT2D eigenvalue weighted by atomic mass is 9.93. The van der Waals surface area contributed by atoms with Crippen molar-refractivity contribution in [2.24, 2.45) is 5.92 Å². The summed E-state index contributed by atoms with van der Waals surface area (Å²) in [6.07, 6.45) is 4.28. The summed E-state index contributed by atoms with van der Waals surface area (Å²) in [7, 11) is 1.62. The average molecular weight is 366 g/mol. The molecule has 2 aliphatic rings. The van der Waals surface area contributed by atoms with Crippen molar-refractivity contribution in [3.05, 3.63) is 48.5 Å². The molecule has 2 aromatic rings. The van der Waals surface area contributed by atoms with E-state index in [1.165, 1.54) is 12.8 Å². The highest BCUT2D eigenvalue weighted by atomic mass is 16.5. The van der Waals surface area contributed by atoms with Crippen LogP contribution in [0.1, 0.15) is 25.7 Å². The van der Waals surface area contributed by atoms with Gasteiger partial charge in [0.2, 0.25) is 0 Å². The minimum absolute atomic E-state index is 0.411. The molecular formula is C22H26N2O3. The van der Waals surface area contributed by atoms with Gasteiger partial charge in [-0.25, -0.2) is 4.79 Å². The lowest BCUT2D eigenvalue weighted by Crippen LogP contribution is -2.39. The first-order valence-corrected chi connectivity index (χ1v) is 9.64. The zero-order chi connectivity index (χ0) is 18.6. The number of carbonyl (C=O) groups excluding carboxylic acids is 1. The second kappa shape index (κ2) is 8.01. The topological polar surface area (TPSA) is 59.6 Å². The molecule has 2 aromatic carbocycles.